The molecule has 0 bridgehead atoms. The molecule has 0 unspecified atom stereocenters. The first-order chi connectivity index (χ1) is 6.74. The Morgan fingerprint density at radius 3 is 2.93 bits per heavy atom. The highest BCUT2D eigenvalue weighted by Crippen LogP contribution is 2.18. The molecule has 14 heavy (non-hydrogen) atoms. The lowest BCUT2D eigenvalue weighted by atomic mass is 10.3. The van der Waals surface area contributed by atoms with E-state index >= 15 is 0 Å². The number of nitrogens with one attached hydrogen (secondary N) is 1. The second-order valence-corrected chi connectivity index (χ2v) is 3.25. The summed E-state index contributed by atoms with van der Waals surface area (Å²) >= 11 is 5.59. The van der Waals surface area contributed by atoms with Gasteiger partial charge in [0, 0.05) is 18.0 Å². The average molecular weight is 213 g/mol. The minimum Gasteiger partial charge on any atom is -0.383 e. The number of rotatable bonds is 4. The van der Waals surface area contributed by atoms with Gasteiger partial charge in [0.2, 0.25) is 0 Å². The summed E-state index contributed by atoms with van der Waals surface area (Å²) in [6, 6.07) is 6.49. The van der Waals surface area contributed by atoms with Crippen LogP contribution in [0.3, 0.4) is 0 Å². The average Bonchev–Trinajstić information content (AvgIpc) is 2.15. The molecule has 0 saturated heterocycles. The zero-order chi connectivity index (χ0) is 10.4. The molecule has 0 radical (unpaired) electrons. The predicted octanol–water partition coefficient (Wildman–Crippen LogP) is 3.19. The van der Waals surface area contributed by atoms with Gasteiger partial charge in [-0.25, -0.2) is 4.39 Å². The number of nitriles is 1. The van der Waals surface area contributed by atoms with E-state index in [1.807, 2.05) is 6.07 Å². The molecule has 2 nitrogen and oxygen atoms in total. The van der Waals surface area contributed by atoms with Gasteiger partial charge >= 0.3 is 0 Å². The normalized spacial score (nSPS) is 9.50. The fourth-order valence-electron chi connectivity index (χ4n) is 1.02. The van der Waals surface area contributed by atoms with E-state index < -0.39 is 0 Å². The van der Waals surface area contributed by atoms with E-state index in [0.717, 1.165) is 0 Å². The Labute approximate surface area is 87.3 Å². The summed E-state index contributed by atoms with van der Waals surface area (Å²) in [5.74, 6) is -0.366. The molecular weight excluding hydrogens is 203 g/mol. The molecule has 1 aromatic carbocycles. The number of halogens is 2. The molecule has 0 aromatic heterocycles. The van der Waals surface area contributed by atoms with Crippen molar-refractivity contribution in [3.8, 4) is 6.07 Å². The van der Waals surface area contributed by atoms with E-state index in [-0.39, 0.29) is 5.82 Å². The first-order valence-electron chi connectivity index (χ1n) is 4.30. The lowest BCUT2D eigenvalue weighted by molar-refractivity contribution is 0.630. The summed E-state index contributed by atoms with van der Waals surface area (Å²) < 4.78 is 13.1. The van der Waals surface area contributed by atoms with Crippen LogP contribution in [0, 0.1) is 17.1 Å². The number of hydrogen-bond donors (Lipinski definition) is 1. The van der Waals surface area contributed by atoms with Gasteiger partial charge < -0.3 is 5.32 Å². The van der Waals surface area contributed by atoms with Crippen molar-refractivity contribution in [2.24, 2.45) is 0 Å². The largest absolute Gasteiger partial charge is 0.383 e. The molecule has 0 fully saturated rings. The summed E-state index contributed by atoms with van der Waals surface area (Å²) in [6.45, 7) is 0.589. The maximum Gasteiger partial charge on any atom is 0.147 e. The van der Waals surface area contributed by atoms with Gasteiger partial charge in [-0.2, -0.15) is 5.26 Å². The fourth-order valence-corrected chi connectivity index (χ4v) is 1.18. The molecule has 0 atom stereocenters. The van der Waals surface area contributed by atoms with E-state index in [2.05, 4.69) is 5.32 Å². The first-order valence-corrected chi connectivity index (χ1v) is 4.67. The molecule has 74 valence electrons. The van der Waals surface area contributed by atoms with Crippen LogP contribution in [-0.4, -0.2) is 6.54 Å². The molecule has 1 aromatic rings. The van der Waals surface area contributed by atoms with Crippen molar-refractivity contribution in [3.63, 3.8) is 0 Å². The third-order valence-electron chi connectivity index (χ3n) is 1.71. The minimum absolute atomic E-state index is 0.366. The standard InChI is InChI=1S/C10H10ClFN2/c11-8-3-4-10(9(12)7-8)14-6-2-1-5-13/h3-4,7,14H,1-2,6H2. The highest BCUT2D eigenvalue weighted by atomic mass is 35.5. The molecule has 0 aliphatic carbocycles. The molecule has 0 heterocycles. The quantitative estimate of drug-likeness (QED) is 0.778. The van der Waals surface area contributed by atoms with Crippen molar-refractivity contribution in [1.29, 1.82) is 5.26 Å². The van der Waals surface area contributed by atoms with Gasteiger partial charge in [-0.1, -0.05) is 11.6 Å². The Morgan fingerprint density at radius 1 is 1.50 bits per heavy atom. The van der Waals surface area contributed by atoms with Crippen LogP contribution < -0.4 is 5.32 Å². The van der Waals surface area contributed by atoms with Gasteiger partial charge in [0.15, 0.2) is 0 Å². The van der Waals surface area contributed by atoms with E-state index in [1.165, 1.54) is 6.07 Å². The number of unbranched alkanes of at least 4 members (excludes halogenated alkanes) is 1. The summed E-state index contributed by atoms with van der Waals surface area (Å²) in [5.41, 5.74) is 0.423. The molecule has 0 spiro atoms. The second kappa shape index (κ2) is 5.46. The molecule has 4 heteroatoms. The zero-order valence-electron chi connectivity index (χ0n) is 7.56. The number of anilines is 1. The molecule has 1 N–H and O–H groups in total. The number of nitrogens with zero attached hydrogens (tertiary/aromatic N) is 1. The van der Waals surface area contributed by atoms with Crippen molar-refractivity contribution in [2.45, 2.75) is 12.8 Å². The van der Waals surface area contributed by atoms with Gasteiger partial charge in [-0.15, -0.1) is 0 Å². The van der Waals surface area contributed by atoms with Gasteiger partial charge in [-0.05, 0) is 24.6 Å². The summed E-state index contributed by atoms with van der Waals surface area (Å²) in [4.78, 5) is 0. The highest BCUT2D eigenvalue weighted by molar-refractivity contribution is 6.30. The minimum atomic E-state index is -0.366. The lowest BCUT2D eigenvalue weighted by Gasteiger charge is -2.05. The second-order valence-electron chi connectivity index (χ2n) is 2.81. The maximum atomic E-state index is 13.1. The van der Waals surface area contributed by atoms with Crippen molar-refractivity contribution in [1.82, 2.24) is 0 Å². The van der Waals surface area contributed by atoms with Crippen molar-refractivity contribution >= 4 is 17.3 Å². The van der Waals surface area contributed by atoms with E-state index in [4.69, 9.17) is 16.9 Å². The summed E-state index contributed by atoms with van der Waals surface area (Å²) in [6.07, 6.45) is 1.18. The lowest BCUT2D eigenvalue weighted by Crippen LogP contribution is -2.02. The van der Waals surface area contributed by atoms with Crippen LogP contribution in [0.25, 0.3) is 0 Å². The number of benzene rings is 1. The van der Waals surface area contributed by atoms with Crippen LogP contribution in [0.5, 0.6) is 0 Å². The van der Waals surface area contributed by atoms with Crippen LogP contribution in [-0.2, 0) is 0 Å². The smallest absolute Gasteiger partial charge is 0.147 e. The van der Waals surface area contributed by atoms with Gasteiger partial charge in [-0.3, -0.25) is 0 Å². The van der Waals surface area contributed by atoms with Gasteiger partial charge in [0.05, 0.1) is 11.8 Å². The van der Waals surface area contributed by atoms with Crippen LogP contribution >= 0.6 is 11.6 Å². The Morgan fingerprint density at radius 2 is 2.29 bits per heavy atom. The van der Waals surface area contributed by atoms with E-state index in [1.54, 1.807) is 12.1 Å². The first kappa shape index (κ1) is 10.8. The van der Waals surface area contributed by atoms with Crippen LogP contribution in [0.1, 0.15) is 12.8 Å². The number of hydrogen-bond acceptors (Lipinski definition) is 2. The predicted molar refractivity (Wildman–Crippen MR) is 54.7 cm³/mol. The fraction of sp³-hybridized carbons (Fsp3) is 0.300. The van der Waals surface area contributed by atoms with Crippen molar-refractivity contribution in [2.75, 3.05) is 11.9 Å². The molecular formula is C10H10ClFN2. The Bertz CT molecular complexity index is 346. The van der Waals surface area contributed by atoms with Crippen molar-refractivity contribution in [3.05, 3.63) is 29.0 Å². The molecule has 0 amide bonds. The topological polar surface area (TPSA) is 35.8 Å². The molecule has 0 aliphatic heterocycles. The van der Waals surface area contributed by atoms with Crippen molar-refractivity contribution < 1.29 is 4.39 Å². The molecule has 1 rings (SSSR count). The highest BCUT2D eigenvalue weighted by Gasteiger charge is 2.00. The third-order valence-corrected chi connectivity index (χ3v) is 1.95. The van der Waals surface area contributed by atoms with Crippen LogP contribution in [0.15, 0.2) is 18.2 Å². The SMILES string of the molecule is N#CCCCNc1ccc(Cl)cc1F. The van der Waals surface area contributed by atoms with Gasteiger partial charge in [0.1, 0.15) is 5.82 Å². The Kier molecular flexibility index (Phi) is 4.21. The van der Waals surface area contributed by atoms with Crippen LogP contribution in [0.2, 0.25) is 5.02 Å². The van der Waals surface area contributed by atoms with E-state index in [9.17, 15) is 4.39 Å². The zero-order valence-corrected chi connectivity index (χ0v) is 8.31. The van der Waals surface area contributed by atoms with E-state index in [0.29, 0.717) is 30.1 Å². The summed E-state index contributed by atoms with van der Waals surface area (Å²) in [7, 11) is 0. The Balaban J connectivity index is 2.47. The third kappa shape index (κ3) is 3.23. The molecule has 0 aliphatic rings. The molecule has 0 saturated carbocycles. The summed E-state index contributed by atoms with van der Waals surface area (Å²) in [5, 5.41) is 11.6. The maximum absolute atomic E-state index is 13.1. The van der Waals surface area contributed by atoms with Gasteiger partial charge in [0.25, 0.3) is 0 Å². The van der Waals surface area contributed by atoms with Crippen LogP contribution in [0.4, 0.5) is 10.1 Å². The monoisotopic (exact) mass is 212 g/mol. The Hall–Kier alpha value is -1.27.